The Morgan fingerprint density at radius 3 is 2.88 bits per heavy atom. The van der Waals surface area contributed by atoms with Crippen LogP contribution < -0.4 is 10.6 Å². The van der Waals surface area contributed by atoms with Crippen LogP contribution >= 0.6 is 0 Å². The molecule has 0 unspecified atom stereocenters. The number of carbonyl (C=O) groups excluding carboxylic acids is 1. The van der Waals surface area contributed by atoms with E-state index in [9.17, 15) is 9.18 Å². The fraction of sp³-hybridized carbons (Fsp3) is 0.417. The third-order valence-electron chi connectivity index (χ3n) is 2.29. The van der Waals surface area contributed by atoms with Crippen molar-refractivity contribution in [2.75, 3.05) is 13.1 Å². The molecule has 16 heavy (non-hydrogen) atoms. The summed E-state index contributed by atoms with van der Waals surface area (Å²) in [4.78, 5) is 11.2. The highest BCUT2D eigenvalue weighted by Crippen LogP contribution is 2.12. The Kier molecular flexibility index (Phi) is 4.92. The van der Waals surface area contributed by atoms with Gasteiger partial charge in [-0.3, -0.25) is 4.79 Å². The quantitative estimate of drug-likeness (QED) is 0.798. The summed E-state index contributed by atoms with van der Waals surface area (Å²) in [6.45, 7) is 4.63. The van der Waals surface area contributed by atoms with E-state index in [1.54, 1.807) is 6.07 Å². The van der Waals surface area contributed by atoms with Crippen molar-refractivity contribution in [3.8, 4) is 0 Å². The number of rotatable bonds is 5. The van der Waals surface area contributed by atoms with Gasteiger partial charge in [0.2, 0.25) is 5.91 Å². The van der Waals surface area contributed by atoms with Crippen molar-refractivity contribution in [3.05, 3.63) is 35.6 Å². The molecule has 3 nitrogen and oxygen atoms in total. The lowest BCUT2D eigenvalue weighted by molar-refractivity contribution is -0.120. The van der Waals surface area contributed by atoms with Gasteiger partial charge < -0.3 is 10.6 Å². The molecule has 88 valence electrons. The van der Waals surface area contributed by atoms with E-state index in [1.807, 2.05) is 19.9 Å². The van der Waals surface area contributed by atoms with E-state index in [0.29, 0.717) is 6.54 Å². The van der Waals surface area contributed by atoms with Crippen LogP contribution in [0.2, 0.25) is 0 Å². The predicted molar refractivity (Wildman–Crippen MR) is 61.5 cm³/mol. The van der Waals surface area contributed by atoms with Gasteiger partial charge in [0.1, 0.15) is 5.82 Å². The van der Waals surface area contributed by atoms with Crippen LogP contribution in [0.25, 0.3) is 0 Å². The zero-order valence-corrected chi connectivity index (χ0v) is 9.59. The second-order valence-electron chi connectivity index (χ2n) is 3.61. The molecular formula is C12H17FN2O. The number of amides is 1. The minimum absolute atomic E-state index is 0.0432. The number of likely N-dealkylation sites (N-methyl/N-ethyl adjacent to an activating group) is 1. The Balaban J connectivity index is 2.46. The van der Waals surface area contributed by atoms with Crippen LogP contribution in [-0.2, 0) is 4.79 Å². The number of benzene rings is 1. The van der Waals surface area contributed by atoms with Crippen LogP contribution in [0.1, 0.15) is 25.5 Å². The Morgan fingerprint density at radius 2 is 2.25 bits per heavy atom. The average molecular weight is 224 g/mol. The highest BCUT2D eigenvalue weighted by Gasteiger charge is 2.07. The first kappa shape index (κ1) is 12.6. The van der Waals surface area contributed by atoms with Gasteiger partial charge in [0.05, 0.1) is 6.54 Å². The maximum atomic E-state index is 12.9. The van der Waals surface area contributed by atoms with Crippen molar-refractivity contribution in [2.24, 2.45) is 0 Å². The van der Waals surface area contributed by atoms with Gasteiger partial charge in [-0.2, -0.15) is 0 Å². The Bertz CT molecular complexity index is 355. The first-order chi connectivity index (χ1) is 7.63. The second kappa shape index (κ2) is 6.23. The van der Waals surface area contributed by atoms with E-state index in [1.165, 1.54) is 12.1 Å². The largest absolute Gasteiger partial charge is 0.355 e. The van der Waals surface area contributed by atoms with Crippen molar-refractivity contribution in [1.29, 1.82) is 0 Å². The molecule has 0 aliphatic carbocycles. The van der Waals surface area contributed by atoms with Crippen LogP contribution in [0, 0.1) is 5.82 Å². The Hall–Kier alpha value is -1.42. The number of hydrogen-bond donors (Lipinski definition) is 2. The van der Waals surface area contributed by atoms with E-state index in [4.69, 9.17) is 0 Å². The summed E-state index contributed by atoms with van der Waals surface area (Å²) in [5.41, 5.74) is 0.837. The SMILES string of the molecule is CCNC(=O)CN[C@@H](C)c1cccc(F)c1. The third kappa shape index (κ3) is 3.98. The van der Waals surface area contributed by atoms with Gasteiger partial charge in [-0.15, -0.1) is 0 Å². The van der Waals surface area contributed by atoms with Gasteiger partial charge in [0.15, 0.2) is 0 Å². The fourth-order valence-corrected chi connectivity index (χ4v) is 1.40. The number of nitrogens with one attached hydrogen (secondary N) is 2. The lowest BCUT2D eigenvalue weighted by Gasteiger charge is -2.13. The smallest absolute Gasteiger partial charge is 0.233 e. The first-order valence-corrected chi connectivity index (χ1v) is 5.39. The summed E-state index contributed by atoms with van der Waals surface area (Å²) in [7, 11) is 0. The van der Waals surface area contributed by atoms with Gasteiger partial charge in [0, 0.05) is 12.6 Å². The standard InChI is InChI=1S/C12H17FN2O/c1-3-14-12(16)8-15-9(2)10-5-4-6-11(13)7-10/h4-7,9,15H,3,8H2,1-2H3,(H,14,16)/t9-/m0/s1. The van der Waals surface area contributed by atoms with E-state index in [-0.39, 0.29) is 24.3 Å². The third-order valence-corrected chi connectivity index (χ3v) is 2.29. The molecule has 0 radical (unpaired) electrons. The molecule has 0 spiro atoms. The number of carbonyl (C=O) groups is 1. The molecule has 1 aromatic rings. The molecule has 1 atom stereocenters. The molecule has 0 aliphatic heterocycles. The second-order valence-corrected chi connectivity index (χ2v) is 3.61. The van der Waals surface area contributed by atoms with Gasteiger partial charge in [-0.05, 0) is 31.5 Å². The van der Waals surface area contributed by atoms with Gasteiger partial charge >= 0.3 is 0 Å². The van der Waals surface area contributed by atoms with Gasteiger partial charge in [-0.1, -0.05) is 12.1 Å². The molecule has 4 heteroatoms. The van der Waals surface area contributed by atoms with Crippen molar-refractivity contribution in [2.45, 2.75) is 19.9 Å². The Morgan fingerprint density at radius 1 is 1.50 bits per heavy atom. The maximum absolute atomic E-state index is 12.9. The molecule has 1 rings (SSSR count). The molecule has 0 aliphatic rings. The van der Waals surface area contributed by atoms with Crippen molar-refractivity contribution < 1.29 is 9.18 Å². The molecular weight excluding hydrogens is 207 g/mol. The van der Waals surface area contributed by atoms with E-state index in [0.717, 1.165) is 5.56 Å². The lowest BCUT2D eigenvalue weighted by atomic mass is 10.1. The van der Waals surface area contributed by atoms with Gasteiger partial charge in [0.25, 0.3) is 0 Å². The zero-order chi connectivity index (χ0) is 12.0. The summed E-state index contributed by atoms with van der Waals surface area (Å²) >= 11 is 0. The molecule has 0 aromatic heterocycles. The number of halogens is 1. The minimum atomic E-state index is -0.260. The lowest BCUT2D eigenvalue weighted by Crippen LogP contribution is -2.34. The summed E-state index contributed by atoms with van der Waals surface area (Å²) in [5, 5.41) is 5.72. The van der Waals surface area contributed by atoms with Crippen molar-refractivity contribution >= 4 is 5.91 Å². The highest BCUT2D eigenvalue weighted by atomic mass is 19.1. The summed E-state index contributed by atoms with van der Waals surface area (Å²) in [6.07, 6.45) is 0. The van der Waals surface area contributed by atoms with Crippen molar-refractivity contribution in [1.82, 2.24) is 10.6 Å². The molecule has 0 fully saturated rings. The Labute approximate surface area is 95.0 Å². The molecule has 0 bridgehead atoms. The molecule has 1 amide bonds. The zero-order valence-electron chi connectivity index (χ0n) is 9.59. The van der Waals surface area contributed by atoms with Crippen LogP contribution in [0.5, 0.6) is 0 Å². The molecule has 0 heterocycles. The van der Waals surface area contributed by atoms with Crippen molar-refractivity contribution in [3.63, 3.8) is 0 Å². The van der Waals surface area contributed by atoms with Crippen LogP contribution in [0.4, 0.5) is 4.39 Å². The topological polar surface area (TPSA) is 41.1 Å². The monoisotopic (exact) mass is 224 g/mol. The van der Waals surface area contributed by atoms with Crippen LogP contribution in [0.3, 0.4) is 0 Å². The molecule has 0 saturated carbocycles. The number of hydrogen-bond acceptors (Lipinski definition) is 2. The van der Waals surface area contributed by atoms with Gasteiger partial charge in [-0.25, -0.2) is 4.39 Å². The average Bonchev–Trinajstić information content (AvgIpc) is 2.26. The first-order valence-electron chi connectivity index (χ1n) is 5.39. The van der Waals surface area contributed by atoms with E-state index in [2.05, 4.69) is 10.6 Å². The minimum Gasteiger partial charge on any atom is -0.355 e. The normalized spacial score (nSPS) is 12.2. The summed E-state index contributed by atoms with van der Waals surface area (Å²) in [6, 6.07) is 6.32. The van der Waals surface area contributed by atoms with E-state index >= 15 is 0 Å². The summed E-state index contributed by atoms with van der Waals surface area (Å²) in [5.74, 6) is -0.310. The maximum Gasteiger partial charge on any atom is 0.233 e. The molecule has 2 N–H and O–H groups in total. The van der Waals surface area contributed by atoms with Crippen LogP contribution in [0.15, 0.2) is 24.3 Å². The van der Waals surface area contributed by atoms with Crippen LogP contribution in [-0.4, -0.2) is 19.0 Å². The fourth-order valence-electron chi connectivity index (χ4n) is 1.40. The summed E-state index contributed by atoms with van der Waals surface area (Å²) < 4.78 is 12.9. The molecule has 1 aromatic carbocycles. The van der Waals surface area contributed by atoms with E-state index < -0.39 is 0 Å². The predicted octanol–water partition coefficient (Wildman–Crippen LogP) is 1.61. The molecule has 0 saturated heterocycles. The highest BCUT2D eigenvalue weighted by molar-refractivity contribution is 5.77.